The Morgan fingerprint density at radius 1 is 0.880 bits per heavy atom. The topological polar surface area (TPSA) is 0 Å². The Morgan fingerprint density at radius 2 is 1.48 bits per heavy atom. The molecule has 7 heteroatoms. The molecule has 1 unspecified atom stereocenters. The van der Waals surface area contributed by atoms with Gasteiger partial charge in [-0.25, -0.2) is 8.78 Å². The standard InChI is InChI=1S/C9H6Br2F2.C9H5BrF2/c10-7-3-1-2-6-5(7)4-8(11)9(6,12)13;10-8-3-1-2-7-6(8)4-5-9(7,11)12/h1-3,8H,4H2;1-5H. The zero-order valence-corrected chi connectivity index (χ0v) is 17.3. The van der Waals surface area contributed by atoms with Crippen LogP contribution in [0.5, 0.6) is 0 Å². The number of halogens is 7. The SMILES string of the molecule is FC1(F)C=Cc2c(Br)cccc21.FC1(F)c2cccc(Br)c2CC1Br. The van der Waals surface area contributed by atoms with Crippen LogP contribution in [0.25, 0.3) is 6.08 Å². The molecule has 0 spiro atoms. The Hall–Kier alpha value is -0.660. The first-order valence-electron chi connectivity index (χ1n) is 7.30. The summed E-state index contributed by atoms with van der Waals surface area (Å²) in [5.74, 6) is -5.53. The fourth-order valence-electron chi connectivity index (χ4n) is 2.83. The molecule has 4 rings (SSSR count). The quantitative estimate of drug-likeness (QED) is 0.240. The minimum Gasteiger partial charge on any atom is -0.200 e. The number of hydrogen-bond donors (Lipinski definition) is 0. The van der Waals surface area contributed by atoms with Crippen LogP contribution in [0.3, 0.4) is 0 Å². The zero-order chi connectivity index (χ0) is 18.4. The maximum absolute atomic E-state index is 13.4. The summed E-state index contributed by atoms with van der Waals surface area (Å²) in [6, 6.07) is 9.73. The van der Waals surface area contributed by atoms with Crippen molar-refractivity contribution in [2.45, 2.75) is 23.1 Å². The van der Waals surface area contributed by atoms with E-state index in [2.05, 4.69) is 47.8 Å². The van der Waals surface area contributed by atoms with Crippen LogP contribution in [0, 0.1) is 0 Å². The minimum atomic E-state index is -2.79. The van der Waals surface area contributed by atoms with Crippen molar-refractivity contribution in [3.05, 3.63) is 73.7 Å². The molecule has 0 saturated heterocycles. The molecule has 0 heterocycles. The molecular weight excluding hydrogens is 532 g/mol. The van der Waals surface area contributed by atoms with Gasteiger partial charge >= 0.3 is 0 Å². The molecule has 0 amide bonds. The van der Waals surface area contributed by atoms with Crippen molar-refractivity contribution in [2.24, 2.45) is 0 Å². The van der Waals surface area contributed by atoms with Crippen LogP contribution in [-0.2, 0) is 18.3 Å². The van der Waals surface area contributed by atoms with E-state index in [1.807, 2.05) is 0 Å². The first-order chi connectivity index (χ1) is 11.6. The van der Waals surface area contributed by atoms with Gasteiger partial charge in [0.25, 0.3) is 11.8 Å². The van der Waals surface area contributed by atoms with Crippen LogP contribution in [0.15, 0.2) is 51.4 Å². The summed E-state index contributed by atoms with van der Waals surface area (Å²) in [6.07, 6.45) is 2.74. The van der Waals surface area contributed by atoms with E-state index in [4.69, 9.17) is 0 Å². The second-order valence-corrected chi connectivity index (χ2v) is 8.53. The monoisotopic (exact) mass is 540 g/mol. The van der Waals surface area contributed by atoms with Gasteiger partial charge < -0.3 is 0 Å². The molecule has 0 saturated carbocycles. The molecule has 2 aliphatic rings. The molecule has 2 aliphatic carbocycles. The Kier molecular flexibility index (Phi) is 5.21. The third-order valence-corrected chi connectivity index (χ3v) is 6.46. The predicted octanol–water partition coefficient (Wildman–Crippen LogP) is 7.43. The van der Waals surface area contributed by atoms with Gasteiger partial charge in [-0.3, -0.25) is 0 Å². The van der Waals surface area contributed by atoms with E-state index in [0.717, 1.165) is 16.1 Å². The Balaban J connectivity index is 0.000000146. The lowest BCUT2D eigenvalue weighted by molar-refractivity contribution is 0.00632. The summed E-state index contributed by atoms with van der Waals surface area (Å²) in [7, 11) is 0. The molecule has 0 bridgehead atoms. The summed E-state index contributed by atoms with van der Waals surface area (Å²) in [5, 5.41) is 0. The van der Waals surface area contributed by atoms with Crippen molar-refractivity contribution in [2.75, 3.05) is 0 Å². The lowest BCUT2D eigenvalue weighted by atomic mass is 10.1. The lowest BCUT2D eigenvalue weighted by Gasteiger charge is -2.13. The molecule has 0 radical (unpaired) electrons. The lowest BCUT2D eigenvalue weighted by Crippen LogP contribution is -2.20. The van der Waals surface area contributed by atoms with Crippen LogP contribution in [0.4, 0.5) is 17.6 Å². The van der Waals surface area contributed by atoms with Crippen molar-refractivity contribution in [1.29, 1.82) is 0 Å². The maximum atomic E-state index is 13.4. The van der Waals surface area contributed by atoms with Crippen LogP contribution in [-0.4, -0.2) is 4.83 Å². The van der Waals surface area contributed by atoms with Gasteiger partial charge in [-0.15, -0.1) is 0 Å². The molecule has 25 heavy (non-hydrogen) atoms. The highest BCUT2D eigenvalue weighted by Gasteiger charge is 2.47. The summed E-state index contributed by atoms with van der Waals surface area (Å²) in [6.45, 7) is 0. The number of fused-ring (bicyclic) bond motifs is 2. The summed E-state index contributed by atoms with van der Waals surface area (Å²) < 4.78 is 54.4. The van der Waals surface area contributed by atoms with Crippen LogP contribution in [0.2, 0.25) is 0 Å². The number of hydrogen-bond acceptors (Lipinski definition) is 0. The Labute approximate surface area is 167 Å². The van der Waals surface area contributed by atoms with Gasteiger partial charge in [0.1, 0.15) is 0 Å². The third kappa shape index (κ3) is 3.47. The molecule has 2 aromatic rings. The first kappa shape index (κ1) is 19.1. The molecule has 132 valence electrons. The normalized spacial score (nSPS) is 21.3. The molecule has 0 nitrogen and oxygen atoms in total. The highest BCUT2D eigenvalue weighted by Crippen LogP contribution is 2.47. The van der Waals surface area contributed by atoms with E-state index in [1.165, 1.54) is 18.2 Å². The average molecular weight is 543 g/mol. The minimum absolute atomic E-state index is 0.0804. The zero-order valence-electron chi connectivity index (χ0n) is 12.5. The summed E-state index contributed by atoms with van der Waals surface area (Å²) in [5.41, 5.74) is 1.53. The number of allylic oxidation sites excluding steroid dienone is 1. The van der Waals surface area contributed by atoms with E-state index in [-0.39, 0.29) is 11.1 Å². The van der Waals surface area contributed by atoms with Gasteiger partial charge in [0.2, 0.25) is 0 Å². The molecule has 0 aliphatic heterocycles. The van der Waals surface area contributed by atoms with Crippen LogP contribution < -0.4 is 0 Å². The van der Waals surface area contributed by atoms with E-state index < -0.39 is 16.7 Å². The first-order valence-corrected chi connectivity index (χ1v) is 9.80. The second kappa shape index (κ2) is 6.82. The van der Waals surface area contributed by atoms with E-state index >= 15 is 0 Å². The summed E-state index contributed by atoms with van der Waals surface area (Å²) >= 11 is 9.49. The van der Waals surface area contributed by atoms with Crippen molar-refractivity contribution < 1.29 is 17.6 Å². The van der Waals surface area contributed by atoms with Crippen LogP contribution in [0.1, 0.15) is 22.3 Å². The van der Waals surface area contributed by atoms with Gasteiger partial charge in [0.15, 0.2) is 0 Å². The Morgan fingerprint density at radius 3 is 2.08 bits per heavy atom. The van der Waals surface area contributed by atoms with Gasteiger partial charge in [0.05, 0.1) is 4.83 Å². The second-order valence-electron chi connectivity index (χ2n) is 5.72. The summed E-state index contributed by atoms with van der Waals surface area (Å²) in [4.78, 5) is -0.770. The van der Waals surface area contributed by atoms with Crippen molar-refractivity contribution in [3.8, 4) is 0 Å². The van der Waals surface area contributed by atoms with Crippen molar-refractivity contribution in [3.63, 3.8) is 0 Å². The third-order valence-electron chi connectivity index (χ3n) is 4.13. The predicted molar refractivity (Wildman–Crippen MR) is 102 cm³/mol. The molecule has 0 aromatic heterocycles. The molecule has 2 aromatic carbocycles. The smallest absolute Gasteiger partial charge is 0.200 e. The van der Waals surface area contributed by atoms with Crippen LogP contribution >= 0.6 is 47.8 Å². The molecule has 0 fully saturated rings. The van der Waals surface area contributed by atoms with E-state index in [9.17, 15) is 17.6 Å². The highest BCUT2D eigenvalue weighted by atomic mass is 79.9. The largest absolute Gasteiger partial charge is 0.292 e. The maximum Gasteiger partial charge on any atom is 0.292 e. The molecule has 0 N–H and O–H groups in total. The molecular formula is C18H11Br3F4. The van der Waals surface area contributed by atoms with Gasteiger partial charge in [-0.2, -0.15) is 8.78 Å². The van der Waals surface area contributed by atoms with E-state index in [0.29, 0.717) is 16.5 Å². The number of alkyl halides is 5. The fourth-order valence-corrected chi connectivity index (χ4v) is 4.43. The average Bonchev–Trinajstić information content (AvgIpc) is 2.98. The highest BCUT2D eigenvalue weighted by molar-refractivity contribution is 9.11. The van der Waals surface area contributed by atoms with E-state index in [1.54, 1.807) is 24.3 Å². The Bertz CT molecular complexity index is 846. The van der Waals surface area contributed by atoms with Crippen molar-refractivity contribution >= 4 is 53.9 Å². The fraction of sp³-hybridized carbons (Fsp3) is 0.222. The number of rotatable bonds is 0. The van der Waals surface area contributed by atoms with Gasteiger partial charge in [-0.1, -0.05) is 78.1 Å². The van der Waals surface area contributed by atoms with Gasteiger partial charge in [0, 0.05) is 20.1 Å². The van der Waals surface area contributed by atoms with Gasteiger partial charge in [-0.05, 0) is 35.8 Å². The van der Waals surface area contributed by atoms with Crippen molar-refractivity contribution in [1.82, 2.24) is 0 Å². The number of benzene rings is 2. The molecule has 1 atom stereocenters.